The minimum Gasteiger partial charge on any atom is -0.456 e. The van der Waals surface area contributed by atoms with Gasteiger partial charge in [-0.05, 0) is 30.3 Å². The van der Waals surface area contributed by atoms with Crippen LogP contribution in [0, 0.1) is 11.7 Å². The summed E-state index contributed by atoms with van der Waals surface area (Å²) in [6.45, 7) is 7.37. The molecule has 1 unspecified atom stereocenters. The van der Waals surface area contributed by atoms with E-state index in [0.29, 0.717) is 11.5 Å². The molecule has 2 nitrogen and oxygen atoms in total. The third kappa shape index (κ3) is 3.76. The van der Waals surface area contributed by atoms with E-state index in [2.05, 4.69) is 26.1 Å². The second-order valence-electron chi connectivity index (χ2n) is 5.35. The average molecular weight is 295 g/mol. The molecule has 0 radical (unpaired) electrons. The van der Waals surface area contributed by atoms with E-state index < -0.39 is 0 Å². The van der Waals surface area contributed by atoms with E-state index in [-0.39, 0.29) is 11.9 Å². The lowest BCUT2D eigenvalue weighted by Gasteiger charge is -2.15. The van der Waals surface area contributed by atoms with Crippen molar-refractivity contribution in [1.82, 2.24) is 5.32 Å². The lowest BCUT2D eigenvalue weighted by molar-refractivity contribution is 0.453. The molecule has 110 valence electrons. The zero-order valence-electron chi connectivity index (χ0n) is 12.3. The van der Waals surface area contributed by atoms with Gasteiger partial charge in [0.1, 0.15) is 5.76 Å². The van der Waals surface area contributed by atoms with Crippen LogP contribution in [0.1, 0.15) is 32.6 Å². The summed E-state index contributed by atoms with van der Waals surface area (Å²) in [5.74, 6) is 3.27. The number of furan rings is 1. The van der Waals surface area contributed by atoms with Gasteiger partial charge in [0.15, 0.2) is 11.4 Å². The maximum atomic E-state index is 13.7. The number of hydrogen-bond acceptors (Lipinski definition) is 3. The SMILES string of the molecule is CCNC(CSCC(C)C)c1cc2cccc(F)c2o1. The Morgan fingerprint density at radius 2 is 2.10 bits per heavy atom. The van der Waals surface area contributed by atoms with Crippen LogP contribution in [-0.2, 0) is 0 Å². The summed E-state index contributed by atoms with van der Waals surface area (Å²) in [5.41, 5.74) is 0.360. The molecule has 1 N–H and O–H groups in total. The minimum atomic E-state index is -0.293. The van der Waals surface area contributed by atoms with Crippen molar-refractivity contribution in [1.29, 1.82) is 0 Å². The predicted molar refractivity (Wildman–Crippen MR) is 84.8 cm³/mol. The molecule has 4 heteroatoms. The highest BCUT2D eigenvalue weighted by Crippen LogP contribution is 2.28. The van der Waals surface area contributed by atoms with E-state index in [4.69, 9.17) is 4.42 Å². The van der Waals surface area contributed by atoms with Gasteiger partial charge >= 0.3 is 0 Å². The fourth-order valence-electron chi connectivity index (χ4n) is 2.13. The van der Waals surface area contributed by atoms with Gasteiger partial charge in [-0.2, -0.15) is 11.8 Å². The van der Waals surface area contributed by atoms with Crippen molar-refractivity contribution in [3.63, 3.8) is 0 Å². The molecule has 2 rings (SSSR count). The molecule has 2 aromatic rings. The Hall–Kier alpha value is -1.00. The van der Waals surface area contributed by atoms with Crippen molar-refractivity contribution in [2.45, 2.75) is 26.8 Å². The minimum absolute atomic E-state index is 0.135. The predicted octanol–water partition coefficient (Wildman–Crippen LogP) is 4.61. The zero-order chi connectivity index (χ0) is 14.5. The summed E-state index contributed by atoms with van der Waals surface area (Å²) < 4.78 is 19.4. The van der Waals surface area contributed by atoms with Crippen molar-refractivity contribution >= 4 is 22.7 Å². The van der Waals surface area contributed by atoms with Crippen LogP contribution in [0.5, 0.6) is 0 Å². The summed E-state index contributed by atoms with van der Waals surface area (Å²) in [4.78, 5) is 0. The monoisotopic (exact) mass is 295 g/mol. The lowest BCUT2D eigenvalue weighted by Crippen LogP contribution is -2.22. The molecule has 1 heterocycles. The third-order valence-electron chi connectivity index (χ3n) is 3.04. The Morgan fingerprint density at radius 1 is 1.30 bits per heavy atom. The number of nitrogens with one attached hydrogen (secondary N) is 1. The molecule has 0 spiro atoms. The molecular weight excluding hydrogens is 273 g/mol. The molecule has 1 atom stereocenters. The van der Waals surface area contributed by atoms with Crippen LogP contribution in [0.2, 0.25) is 0 Å². The van der Waals surface area contributed by atoms with Crippen molar-refractivity contribution < 1.29 is 8.81 Å². The highest BCUT2D eigenvalue weighted by Gasteiger charge is 2.17. The third-order valence-corrected chi connectivity index (χ3v) is 4.52. The molecular formula is C16H22FNOS. The van der Waals surface area contributed by atoms with Crippen LogP contribution in [-0.4, -0.2) is 18.1 Å². The van der Waals surface area contributed by atoms with Gasteiger partial charge in [-0.15, -0.1) is 0 Å². The number of fused-ring (bicyclic) bond motifs is 1. The summed E-state index contributed by atoms with van der Waals surface area (Å²) in [5, 5.41) is 4.25. The van der Waals surface area contributed by atoms with Crippen molar-refractivity contribution in [3.8, 4) is 0 Å². The fourth-order valence-corrected chi connectivity index (χ4v) is 3.25. The van der Waals surface area contributed by atoms with Gasteiger partial charge < -0.3 is 9.73 Å². The number of thioether (sulfide) groups is 1. The van der Waals surface area contributed by atoms with E-state index in [9.17, 15) is 4.39 Å². The smallest absolute Gasteiger partial charge is 0.169 e. The first-order valence-electron chi connectivity index (χ1n) is 7.11. The van der Waals surface area contributed by atoms with Crippen LogP contribution in [0.4, 0.5) is 4.39 Å². The van der Waals surface area contributed by atoms with Crippen molar-refractivity contribution in [2.24, 2.45) is 5.92 Å². The molecule has 0 aliphatic carbocycles. The molecule has 0 aliphatic heterocycles. The van der Waals surface area contributed by atoms with Gasteiger partial charge in [0.25, 0.3) is 0 Å². The van der Waals surface area contributed by atoms with Crippen LogP contribution in [0.15, 0.2) is 28.7 Å². The first-order valence-corrected chi connectivity index (χ1v) is 8.26. The number of hydrogen-bond donors (Lipinski definition) is 1. The topological polar surface area (TPSA) is 25.2 Å². The van der Waals surface area contributed by atoms with Crippen LogP contribution >= 0.6 is 11.8 Å². The van der Waals surface area contributed by atoms with E-state index in [1.165, 1.54) is 6.07 Å². The molecule has 1 aromatic heterocycles. The van der Waals surface area contributed by atoms with E-state index in [0.717, 1.165) is 29.2 Å². The number of halogens is 1. The Bertz CT molecular complexity index is 552. The first kappa shape index (κ1) is 15.4. The molecule has 0 amide bonds. The molecule has 0 bridgehead atoms. The van der Waals surface area contributed by atoms with Crippen LogP contribution in [0.3, 0.4) is 0 Å². The molecule has 1 aromatic carbocycles. The number of para-hydroxylation sites is 1. The highest BCUT2D eigenvalue weighted by atomic mass is 32.2. The molecule has 20 heavy (non-hydrogen) atoms. The highest BCUT2D eigenvalue weighted by molar-refractivity contribution is 7.99. The van der Waals surface area contributed by atoms with Crippen molar-refractivity contribution in [2.75, 3.05) is 18.1 Å². The first-order chi connectivity index (χ1) is 9.61. The van der Waals surface area contributed by atoms with Crippen LogP contribution < -0.4 is 5.32 Å². The zero-order valence-corrected chi connectivity index (χ0v) is 13.1. The van der Waals surface area contributed by atoms with Crippen molar-refractivity contribution in [3.05, 3.63) is 35.8 Å². The number of benzene rings is 1. The van der Waals surface area contributed by atoms with Gasteiger partial charge in [-0.1, -0.05) is 32.9 Å². The summed E-state index contributed by atoms with van der Waals surface area (Å²) >= 11 is 1.90. The van der Waals surface area contributed by atoms with Crippen LogP contribution in [0.25, 0.3) is 11.0 Å². The second kappa shape index (κ2) is 7.14. The standard InChI is InChI=1S/C16H22FNOS/c1-4-18-14(10-20-9-11(2)3)15-8-12-6-5-7-13(17)16(12)19-15/h5-8,11,14,18H,4,9-10H2,1-3H3. The van der Waals surface area contributed by atoms with Gasteiger partial charge in [0.05, 0.1) is 6.04 Å². The maximum Gasteiger partial charge on any atom is 0.169 e. The largest absolute Gasteiger partial charge is 0.456 e. The second-order valence-corrected chi connectivity index (χ2v) is 6.42. The normalized spacial score (nSPS) is 13.2. The van der Waals surface area contributed by atoms with E-state index in [1.54, 1.807) is 6.07 Å². The maximum absolute atomic E-state index is 13.7. The quantitative estimate of drug-likeness (QED) is 0.807. The van der Waals surface area contributed by atoms with Gasteiger partial charge in [0, 0.05) is 11.1 Å². The van der Waals surface area contributed by atoms with Gasteiger partial charge in [-0.3, -0.25) is 0 Å². The summed E-state index contributed by atoms with van der Waals surface area (Å²) in [6.07, 6.45) is 0. The Balaban J connectivity index is 2.16. The number of rotatable bonds is 7. The summed E-state index contributed by atoms with van der Waals surface area (Å²) in [6, 6.07) is 7.12. The van der Waals surface area contributed by atoms with E-state index in [1.807, 2.05) is 23.9 Å². The van der Waals surface area contributed by atoms with Gasteiger partial charge in [0.2, 0.25) is 0 Å². The summed E-state index contributed by atoms with van der Waals surface area (Å²) in [7, 11) is 0. The van der Waals surface area contributed by atoms with E-state index >= 15 is 0 Å². The van der Waals surface area contributed by atoms with Gasteiger partial charge in [-0.25, -0.2) is 4.39 Å². The molecule has 0 aliphatic rings. The Labute approximate surface area is 124 Å². The molecule has 0 saturated heterocycles. The lowest BCUT2D eigenvalue weighted by atomic mass is 10.2. The molecule has 0 fully saturated rings. The molecule has 0 saturated carbocycles. The fraction of sp³-hybridized carbons (Fsp3) is 0.500. The Kier molecular flexibility index (Phi) is 5.49. The average Bonchev–Trinajstić information content (AvgIpc) is 2.83. The Morgan fingerprint density at radius 3 is 2.75 bits per heavy atom.